The molecular formula is C13H16BrFN4O. The Labute approximate surface area is 125 Å². The van der Waals surface area contributed by atoms with E-state index in [1.165, 1.54) is 12.1 Å². The van der Waals surface area contributed by atoms with Crippen LogP contribution in [0.1, 0.15) is 32.2 Å². The first kappa shape index (κ1) is 14.9. The van der Waals surface area contributed by atoms with Crippen LogP contribution >= 0.6 is 15.9 Å². The van der Waals surface area contributed by atoms with E-state index in [1.807, 2.05) is 6.92 Å². The standard InChI is InChI=1S/C13H16BrFN4O/c1-3-6-16-8(2)12-18-19-13(20-12)17-11-5-4-9(15)7-10(11)14/h4-5,7-8,16H,3,6H2,1-2H3,(H,17,19). The van der Waals surface area contributed by atoms with E-state index in [9.17, 15) is 4.39 Å². The Balaban J connectivity index is 2.05. The molecule has 0 fully saturated rings. The average molecular weight is 343 g/mol. The van der Waals surface area contributed by atoms with Gasteiger partial charge in [0.2, 0.25) is 5.89 Å². The molecule has 5 nitrogen and oxygen atoms in total. The lowest BCUT2D eigenvalue weighted by molar-refractivity contribution is 0.424. The summed E-state index contributed by atoms with van der Waals surface area (Å²) in [6, 6.07) is 4.59. The molecule has 0 radical (unpaired) electrons. The second kappa shape index (κ2) is 6.81. The zero-order chi connectivity index (χ0) is 14.5. The molecule has 7 heteroatoms. The van der Waals surface area contributed by atoms with Gasteiger partial charge in [0.05, 0.1) is 11.7 Å². The van der Waals surface area contributed by atoms with Crippen LogP contribution in [0.2, 0.25) is 0 Å². The Hall–Kier alpha value is -1.47. The van der Waals surface area contributed by atoms with Gasteiger partial charge in [0.1, 0.15) is 5.82 Å². The van der Waals surface area contributed by atoms with E-state index in [-0.39, 0.29) is 17.9 Å². The third-order valence-electron chi connectivity index (χ3n) is 2.68. The van der Waals surface area contributed by atoms with Crippen LogP contribution < -0.4 is 10.6 Å². The van der Waals surface area contributed by atoms with Crippen LogP contribution in [0.5, 0.6) is 0 Å². The van der Waals surface area contributed by atoms with Gasteiger partial charge in [0.25, 0.3) is 0 Å². The van der Waals surface area contributed by atoms with Gasteiger partial charge in [-0.05, 0) is 54.0 Å². The predicted octanol–water partition coefficient (Wildman–Crippen LogP) is 3.78. The molecule has 1 atom stereocenters. The molecule has 0 spiro atoms. The molecule has 0 aliphatic heterocycles. The molecule has 20 heavy (non-hydrogen) atoms. The molecule has 1 heterocycles. The molecule has 0 saturated carbocycles. The Morgan fingerprint density at radius 1 is 1.40 bits per heavy atom. The SMILES string of the molecule is CCCNC(C)c1nnc(Nc2ccc(F)cc2Br)o1. The fourth-order valence-corrected chi connectivity index (χ4v) is 2.06. The summed E-state index contributed by atoms with van der Waals surface area (Å²) in [5.74, 6) is 0.199. The molecule has 2 N–H and O–H groups in total. The van der Waals surface area contributed by atoms with Gasteiger partial charge >= 0.3 is 6.01 Å². The van der Waals surface area contributed by atoms with Gasteiger partial charge in [-0.25, -0.2) is 4.39 Å². The van der Waals surface area contributed by atoms with Crippen molar-refractivity contribution in [3.8, 4) is 0 Å². The summed E-state index contributed by atoms with van der Waals surface area (Å²) in [7, 11) is 0. The highest BCUT2D eigenvalue weighted by atomic mass is 79.9. The normalized spacial score (nSPS) is 12.4. The van der Waals surface area contributed by atoms with Gasteiger partial charge in [-0.3, -0.25) is 0 Å². The smallest absolute Gasteiger partial charge is 0.320 e. The lowest BCUT2D eigenvalue weighted by Crippen LogP contribution is -2.19. The van der Waals surface area contributed by atoms with Crippen molar-refractivity contribution >= 4 is 27.6 Å². The molecule has 1 aromatic carbocycles. The van der Waals surface area contributed by atoms with Crippen molar-refractivity contribution in [2.45, 2.75) is 26.3 Å². The molecule has 0 saturated heterocycles. The Morgan fingerprint density at radius 3 is 2.90 bits per heavy atom. The van der Waals surface area contributed by atoms with E-state index in [0.29, 0.717) is 16.1 Å². The zero-order valence-electron chi connectivity index (χ0n) is 11.3. The first-order valence-electron chi connectivity index (χ1n) is 6.39. The monoisotopic (exact) mass is 342 g/mol. The number of aromatic nitrogens is 2. The van der Waals surface area contributed by atoms with Crippen molar-refractivity contribution in [3.05, 3.63) is 34.4 Å². The summed E-state index contributed by atoms with van der Waals surface area (Å²) in [6.45, 7) is 4.93. The zero-order valence-corrected chi connectivity index (χ0v) is 12.9. The van der Waals surface area contributed by atoms with Crippen molar-refractivity contribution < 1.29 is 8.81 Å². The van der Waals surface area contributed by atoms with Crippen LogP contribution in [0.25, 0.3) is 0 Å². The van der Waals surface area contributed by atoms with E-state index in [4.69, 9.17) is 4.42 Å². The van der Waals surface area contributed by atoms with E-state index in [2.05, 4.69) is 43.7 Å². The topological polar surface area (TPSA) is 63.0 Å². The molecule has 0 aliphatic carbocycles. The molecule has 0 bridgehead atoms. The molecule has 0 amide bonds. The highest BCUT2D eigenvalue weighted by Gasteiger charge is 2.13. The quantitative estimate of drug-likeness (QED) is 0.836. The fourth-order valence-electron chi connectivity index (χ4n) is 1.61. The minimum atomic E-state index is -0.314. The van der Waals surface area contributed by atoms with Crippen LogP contribution in [0.3, 0.4) is 0 Å². The summed E-state index contributed by atoms with van der Waals surface area (Å²) >= 11 is 3.27. The van der Waals surface area contributed by atoms with Crippen molar-refractivity contribution in [3.63, 3.8) is 0 Å². The number of rotatable bonds is 6. The van der Waals surface area contributed by atoms with E-state index >= 15 is 0 Å². The number of anilines is 2. The van der Waals surface area contributed by atoms with Gasteiger partial charge in [0, 0.05) is 4.47 Å². The first-order chi connectivity index (χ1) is 9.60. The Bertz CT molecular complexity index is 575. The third kappa shape index (κ3) is 3.77. The number of hydrogen-bond acceptors (Lipinski definition) is 5. The number of nitrogens with zero attached hydrogens (tertiary/aromatic N) is 2. The molecule has 2 aromatic rings. The highest BCUT2D eigenvalue weighted by molar-refractivity contribution is 9.10. The second-order valence-corrected chi connectivity index (χ2v) is 5.22. The van der Waals surface area contributed by atoms with Gasteiger partial charge in [-0.15, -0.1) is 5.10 Å². The molecule has 1 aromatic heterocycles. The molecule has 108 valence electrons. The number of hydrogen-bond donors (Lipinski definition) is 2. The minimum Gasteiger partial charge on any atom is -0.406 e. The largest absolute Gasteiger partial charge is 0.406 e. The second-order valence-electron chi connectivity index (χ2n) is 4.37. The Morgan fingerprint density at radius 2 is 2.20 bits per heavy atom. The number of benzene rings is 1. The number of halogens is 2. The fraction of sp³-hybridized carbons (Fsp3) is 0.385. The Kier molecular flexibility index (Phi) is 5.08. The van der Waals surface area contributed by atoms with Crippen molar-refractivity contribution in [2.24, 2.45) is 0 Å². The van der Waals surface area contributed by atoms with E-state index in [1.54, 1.807) is 6.07 Å². The predicted molar refractivity (Wildman–Crippen MR) is 78.4 cm³/mol. The summed E-state index contributed by atoms with van der Waals surface area (Å²) in [4.78, 5) is 0. The van der Waals surface area contributed by atoms with Gasteiger partial charge in [0.15, 0.2) is 0 Å². The summed E-state index contributed by atoms with van der Waals surface area (Å²) in [5, 5.41) is 14.1. The van der Waals surface area contributed by atoms with Gasteiger partial charge < -0.3 is 15.1 Å². The van der Waals surface area contributed by atoms with Crippen molar-refractivity contribution in [2.75, 3.05) is 11.9 Å². The van der Waals surface area contributed by atoms with Crippen LogP contribution in [-0.4, -0.2) is 16.7 Å². The maximum absolute atomic E-state index is 13.0. The van der Waals surface area contributed by atoms with Gasteiger partial charge in [-0.1, -0.05) is 12.0 Å². The lowest BCUT2D eigenvalue weighted by Gasteiger charge is -2.07. The maximum Gasteiger partial charge on any atom is 0.320 e. The number of nitrogens with one attached hydrogen (secondary N) is 2. The average Bonchev–Trinajstić information content (AvgIpc) is 2.88. The maximum atomic E-state index is 13.0. The van der Waals surface area contributed by atoms with Crippen LogP contribution in [-0.2, 0) is 0 Å². The van der Waals surface area contributed by atoms with Crippen LogP contribution in [0.4, 0.5) is 16.1 Å². The third-order valence-corrected chi connectivity index (χ3v) is 3.34. The molecule has 2 rings (SSSR count). The lowest BCUT2D eigenvalue weighted by atomic mass is 10.3. The van der Waals surface area contributed by atoms with Crippen molar-refractivity contribution in [1.29, 1.82) is 0 Å². The molecule has 0 aliphatic rings. The van der Waals surface area contributed by atoms with E-state index in [0.717, 1.165) is 13.0 Å². The van der Waals surface area contributed by atoms with Gasteiger partial charge in [-0.2, -0.15) is 0 Å². The summed E-state index contributed by atoms with van der Waals surface area (Å²) < 4.78 is 19.1. The van der Waals surface area contributed by atoms with Crippen LogP contribution in [0.15, 0.2) is 27.1 Å². The minimum absolute atomic E-state index is 0.00495. The highest BCUT2D eigenvalue weighted by Crippen LogP contribution is 2.26. The summed E-state index contributed by atoms with van der Waals surface area (Å²) in [5.41, 5.74) is 0.663. The first-order valence-corrected chi connectivity index (χ1v) is 7.18. The summed E-state index contributed by atoms with van der Waals surface area (Å²) in [6.07, 6.45) is 1.03. The van der Waals surface area contributed by atoms with Crippen LogP contribution in [0, 0.1) is 5.82 Å². The van der Waals surface area contributed by atoms with Crippen molar-refractivity contribution in [1.82, 2.24) is 15.5 Å². The molecular weight excluding hydrogens is 327 g/mol. The van der Waals surface area contributed by atoms with E-state index < -0.39 is 0 Å². The molecule has 1 unspecified atom stereocenters.